The fourth-order valence-corrected chi connectivity index (χ4v) is 1.37. The maximum atomic E-state index is 4.47. The first-order valence-corrected chi connectivity index (χ1v) is 6.59. The van der Waals surface area contributed by atoms with E-state index in [1.165, 1.54) is 51.6 Å². The Kier molecular flexibility index (Phi) is 24.1. The van der Waals surface area contributed by atoms with E-state index < -0.39 is 0 Å². The lowest BCUT2D eigenvalue weighted by Crippen LogP contribution is -2.24. The van der Waals surface area contributed by atoms with Crippen molar-refractivity contribution in [1.82, 2.24) is 4.90 Å². The summed E-state index contributed by atoms with van der Waals surface area (Å²) in [6.45, 7) is 10.0. The average Bonchev–Trinajstić information content (AvgIpc) is 2.27. The highest BCUT2D eigenvalue weighted by atomic mass is 35.5. The molecule has 0 aromatic rings. The minimum absolute atomic E-state index is 0. The minimum Gasteiger partial charge on any atom is -0.363 e. The highest BCUT2D eigenvalue weighted by Gasteiger charge is 1.97. The van der Waals surface area contributed by atoms with E-state index in [0.29, 0.717) is 0 Å². The van der Waals surface area contributed by atoms with Crippen LogP contribution in [-0.2, 0) is 0 Å². The molecular formula is C13H30Cl2N2. The van der Waals surface area contributed by atoms with E-state index >= 15 is 0 Å². The van der Waals surface area contributed by atoms with Crippen LogP contribution in [0.2, 0.25) is 0 Å². The molecule has 0 radical (unpaired) electrons. The summed E-state index contributed by atoms with van der Waals surface area (Å²) in [4.78, 5) is 6.85. The quantitative estimate of drug-likeness (QED) is 0.326. The van der Waals surface area contributed by atoms with Gasteiger partial charge in [0, 0.05) is 19.6 Å². The maximum absolute atomic E-state index is 4.47. The number of nitrogens with zero attached hydrogens (tertiary/aromatic N) is 2. The molecule has 0 fully saturated rings. The largest absolute Gasteiger partial charge is 0.363 e. The van der Waals surface area contributed by atoms with Gasteiger partial charge in [-0.25, -0.2) is 0 Å². The summed E-state index contributed by atoms with van der Waals surface area (Å²) in [5.74, 6) is 0. The van der Waals surface area contributed by atoms with Crippen LogP contribution in [0.15, 0.2) is 4.99 Å². The van der Waals surface area contributed by atoms with Gasteiger partial charge in [-0.2, -0.15) is 0 Å². The molecule has 0 amide bonds. The minimum atomic E-state index is 0. The molecule has 0 atom stereocenters. The average molecular weight is 285 g/mol. The summed E-state index contributed by atoms with van der Waals surface area (Å²) in [5, 5.41) is 0. The van der Waals surface area contributed by atoms with Crippen LogP contribution in [0.1, 0.15) is 59.3 Å². The van der Waals surface area contributed by atoms with Gasteiger partial charge in [0.25, 0.3) is 0 Å². The predicted octanol–water partition coefficient (Wildman–Crippen LogP) is 4.56. The first-order valence-electron chi connectivity index (χ1n) is 6.59. The summed E-state index contributed by atoms with van der Waals surface area (Å²) in [6.07, 6.45) is 9.62. The fraction of sp³-hybridized carbons (Fsp3) is 0.923. The Hall–Kier alpha value is 0.0500. The van der Waals surface area contributed by atoms with Gasteiger partial charge < -0.3 is 4.90 Å². The van der Waals surface area contributed by atoms with Crippen molar-refractivity contribution in [3.05, 3.63) is 0 Å². The van der Waals surface area contributed by atoms with Crippen LogP contribution >= 0.6 is 24.8 Å². The molecule has 0 bridgehead atoms. The molecule has 0 saturated carbocycles. The first-order chi connectivity index (χ1) is 7.35. The molecule has 2 nitrogen and oxygen atoms in total. The van der Waals surface area contributed by atoms with Crippen molar-refractivity contribution in [2.24, 2.45) is 4.99 Å². The van der Waals surface area contributed by atoms with Gasteiger partial charge in [0.05, 0.1) is 6.34 Å². The van der Waals surface area contributed by atoms with E-state index in [-0.39, 0.29) is 24.8 Å². The summed E-state index contributed by atoms with van der Waals surface area (Å²) >= 11 is 0. The Balaban J connectivity index is -0.000000980. The lowest BCUT2D eigenvalue weighted by molar-refractivity contribution is 0.407. The van der Waals surface area contributed by atoms with Crippen molar-refractivity contribution in [3.63, 3.8) is 0 Å². The zero-order valence-electron chi connectivity index (χ0n) is 11.7. The molecule has 0 aliphatic carbocycles. The van der Waals surface area contributed by atoms with Crippen LogP contribution in [0, 0.1) is 0 Å². The van der Waals surface area contributed by atoms with Gasteiger partial charge in [0.2, 0.25) is 0 Å². The van der Waals surface area contributed by atoms with E-state index in [2.05, 4.69) is 37.0 Å². The zero-order valence-corrected chi connectivity index (χ0v) is 13.3. The molecule has 0 rings (SSSR count). The maximum Gasteiger partial charge on any atom is 0.0849 e. The fourth-order valence-electron chi connectivity index (χ4n) is 1.37. The summed E-state index contributed by atoms with van der Waals surface area (Å²) < 4.78 is 0. The van der Waals surface area contributed by atoms with Crippen molar-refractivity contribution in [1.29, 1.82) is 0 Å². The van der Waals surface area contributed by atoms with E-state index in [9.17, 15) is 0 Å². The molecule has 0 aliphatic rings. The molecule has 0 aliphatic heterocycles. The molecule has 106 valence electrons. The van der Waals surface area contributed by atoms with Crippen molar-refractivity contribution < 1.29 is 0 Å². The van der Waals surface area contributed by atoms with Gasteiger partial charge in [0.15, 0.2) is 0 Å². The monoisotopic (exact) mass is 284 g/mol. The Morgan fingerprint density at radius 3 is 1.71 bits per heavy atom. The van der Waals surface area contributed by atoms with E-state index in [4.69, 9.17) is 0 Å². The highest BCUT2D eigenvalue weighted by molar-refractivity contribution is 5.85. The molecule has 4 heteroatoms. The van der Waals surface area contributed by atoms with Gasteiger partial charge in [-0.05, 0) is 19.3 Å². The predicted molar refractivity (Wildman–Crippen MR) is 84.2 cm³/mol. The molecule has 0 aromatic heterocycles. The molecule has 17 heavy (non-hydrogen) atoms. The molecule has 0 spiro atoms. The zero-order chi connectivity index (χ0) is 11.4. The Labute approximate surface area is 120 Å². The second kappa shape index (κ2) is 18.4. The second-order valence-corrected chi connectivity index (χ2v) is 4.12. The van der Waals surface area contributed by atoms with Gasteiger partial charge in [-0.1, -0.05) is 40.0 Å². The third-order valence-corrected chi connectivity index (χ3v) is 2.48. The topological polar surface area (TPSA) is 15.6 Å². The number of unbranched alkanes of at least 4 members (excludes halogenated alkanes) is 3. The first kappa shape index (κ1) is 22.2. The summed E-state index contributed by atoms with van der Waals surface area (Å²) in [6, 6.07) is 0. The Morgan fingerprint density at radius 2 is 1.29 bits per heavy atom. The van der Waals surface area contributed by atoms with Crippen LogP contribution < -0.4 is 0 Å². The SMILES string of the molecule is CCCCN=CN(CCCC)CCCC.Cl.Cl. The van der Waals surface area contributed by atoms with Crippen LogP contribution in [0.4, 0.5) is 0 Å². The Morgan fingerprint density at radius 1 is 0.824 bits per heavy atom. The van der Waals surface area contributed by atoms with Crippen LogP contribution in [0.3, 0.4) is 0 Å². The highest BCUT2D eigenvalue weighted by Crippen LogP contribution is 1.97. The molecule has 0 saturated heterocycles. The van der Waals surface area contributed by atoms with Crippen molar-refractivity contribution in [2.45, 2.75) is 59.3 Å². The number of rotatable bonds is 10. The smallest absolute Gasteiger partial charge is 0.0849 e. The third-order valence-electron chi connectivity index (χ3n) is 2.48. The van der Waals surface area contributed by atoms with Gasteiger partial charge >= 0.3 is 0 Å². The van der Waals surface area contributed by atoms with E-state index in [0.717, 1.165) is 6.54 Å². The normalized spacial score (nSPS) is 9.82. The van der Waals surface area contributed by atoms with Gasteiger partial charge in [-0.3, -0.25) is 4.99 Å². The standard InChI is InChI=1S/C13H28N2.2ClH/c1-4-7-10-14-13-15(11-8-5-2)12-9-6-3;;/h13H,4-12H2,1-3H3;2*1H. The number of halogens is 2. The van der Waals surface area contributed by atoms with Crippen LogP contribution in [0.25, 0.3) is 0 Å². The third kappa shape index (κ3) is 16.1. The van der Waals surface area contributed by atoms with Gasteiger partial charge in [0.1, 0.15) is 0 Å². The lowest BCUT2D eigenvalue weighted by atomic mass is 10.3. The Bertz CT molecular complexity index is 144. The molecular weight excluding hydrogens is 255 g/mol. The molecule has 0 aromatic carbocycles. The lowest BCUT2D eigenvalue weighted by Gasteiger charge is -2.18. The van der Waals surface area contributed by atoms with Crippen LogP contribution in [-0.4, -0.2) is 30.9 Å². The number of aliphatic imine (C=N–C) groups is 1. The van der Waals surface area contributed by atoms with Crippen molar-refractivity contribution in [2.75, 3.05) is 19.6 Å². The summed E-state index contributed by atoms with van der Waals surface area (Å²) in [5.41, 5.74) is 0. The van der Waals surface area contributed by atoms with Crippen molar-refractivity contribution in [3.8, 4) is 0 Å². The van der Waals surface area contributed by atoms with Gasteiger partial charge in [-0.15, -0.1) is 24.8 Å². The molecule has 0 unspecified atom stereocenters. The second-order valence-electron chi connectivity index (χ2n) is 4.12. The van der Waals surface area contributed by atoms with E-state index in [1.807, 2.05) is 0 Å². The number of hydrogen-bond acceptors (Lipinski definition) is 1. The van der Waals surface area contributed by atoms with Crippen molar-refractivity contribution >= 4 is 31.2 Å². The number of hydrogen-bond donors (Lipinski definition) is 0. The van der Waals surface area contributed by atoms with E-state index in [1.54, 1.807) is 0 Å². The summed E-state index contributed by atoms with van der Waals surface area (Å²) in [7, 11) is 0. The van der Waals surface area contributed by atoms with Crippen LogP contribution in [0.5, 0.6) is 0 Å². The molecule has 0 N–H and O–H groups in total. The molecule has 0 heterocycles.